The van der Waals surface area contributed by atoms with E-state index >= 15 is 0 Å². The molecule has 0 aliphatic carbocycles. The van der Waals surface area contributed by atoms with Gasteiger partial charge in [-0.2, -0.15) is 0 Å². The Morgan fingerprint density at radius 1 is 1.25 bits per heavy atom. The second-order valence-electron chi connectivity index (χ2n) is 0. The quantitative estimate of drug-likeness (QED) is 0.509. The first-order valence-electron chi connectivity index (χ1n) is 0.169. The Bertz CT molecular complexity index is 8.00. The third kappa shape index (κ3) is 9.68. The molecular weight excluding hydrogens is 190 g/mol. The second kappa shape index (κ2) is 24.3. The van der Waals surface area contributed by atoms with Gasteiger partial charge in [0, 0.05) is 34.1 Å². The van der Waals surface area contributed by atoms with Crippen molar-refractivity contribution in [2.45, 2.75) is 0 Å². The molecule has 0 saturated carbocycles. The van der Waals surface area contributed by atoms with Crippen molar-refractivity contribution in [2.75, 3.05) is 0 Å². The van der Waals surface area contributed by atoms with E-state index in [9.17, 15) is 0 Å². The van der Waals surface area contributed by atoms with Crippen LogP contribution >= 0.6 is 0 Å². The first kappa shape index (κ1) is 17.8. The van der Waals surface area contributed by atoms with Gasteiger partial charge in [0.15, 0.2) is 0 Å². The maximum absolute atomic E-state index is 6.81. The molecule has 0 aliphatic rings. The fourth-order valence-corrected chi connectivity index (χ4v) is 0. The van der Waals surface area contributed by atoms with Gasteiger partial charge in [0.05, 0.1) is 0 Å². The summed E-state index contributed by atoms with van der Waals surface area (Å²) in [5, 5.41) is 0. The summed E-state index contributed by atoms with van der Waals surface area (Å²) in [5.74, 6) is 0. The van der Waals surface area contributed by atoms with Gasteiger partial charge in [-0.15, -0.1) is 0 Å². The molecule has 0 spiro atoms. The fourth-order valence-electron chi connectivity index (χ4n) is 0. The first-order valence-corrected chi connectivity index (χ1v) is 0.697. The molecule has 1 N–H and O–H groups in total. The van der Waals surface area contributed by atoms with Crippen LogP contribution in [0.2, 0.25) is 0 Å². The van der Waals surface area contributed by atoms with Gasteiger partial charge in [0.25, 0.3) is 0 Å². The Morgan fingerprint density at radius 2 is 1.25 bits per heavy atom. The standard InChI is InChI=1S/Cu.Fe.Mn.H2O/h;;;1H2/q;;+1;/p-1. The van der Waals surface area contributed by atoms with Crippen LogP contribution in [0, 0.1) is 0 Å². The second-order valence-corrected chi connectivity index (χ2v) is 0. The Morgan fingerprint density at radius 3 is 1.25 bits per heavy atom. The molecule has 1 radical (unpaired) electrons. The fraction of sp³-hybridized carbons (Fsp3) is 0. The molecule has 0 unspecified atom stereocenters. The molecule has 1 nitrogen and oxygen atoms in total. The number of rotatable bonds is 0. The van der Waals surface area contributed by atoms with Crippen LogP contribution in [-0.2, 0) is 50.5 Å². The van der Waals surface area contributed by atoms with Crippen LogP contribution < -0.4 is 0 Å². The Labute approximate surface area is 54.6 Å². The monoisotopic (exact) mass is 191 g/mol. The molecule has 0 amide bonds. The molecule has 0 bridgehead atoms. The first-order chi connectivity index (χ1) is 1.00. The van der Waals surface area contributed by atoms with Gasteiger partial charge in [0.1, 0.15) is 0 Å². The Kier molecular flexibility index (Phi) is 108. The average Bonchev–Trinajstić information content (AvgIpc) is 1.00. The topological polar surface area (TPSA) is 20.2 Å². The SMILES string of the molecule is [Cu].[Fe].[OH][Mn]. The van der Waals surface area contributed by atoms with Gasteiger partial charge in [-0.25, -0.2) is 0 Å². The van der Waals surface area contributed by atoms with Crippen molar-refractivity contribution < 1.29 is 54.7 Å². The van der Waals surface area contributed by atoms with Gasteiger partial charge >= 0.3 is 20.5 Å². The van der Waals surface area contributed by atoms with E-state index in [1.54, 1.807) is 0 Å². The zero-order valence-corrected chi connectivity index (χ0v) is 4.71. The molecule has 0 saturated heterocycles. The van der Waals surface area contributed by atoms with E-state index < -0.39 is 0 Å². The summed E-state index contributed by atoms with van der Waals surface area (Å²) in [6, 6.07) is 0. The van der Waals surface area contributed by atoms with Crippen LogP contribution in [0.4, 0.5) is 0 Å². The molecule has 4 heavy (non-hydrogen) atoms. The molecular formula is HCuFeMnO. The van der Waals surface area contributed by atoms with Crippen LogP contribution in [-0.4, -0.2) is 4.19 Å². The minimum absolute atomic E-state index is 0. The predicted molar refractivity (Wildman–Crippen MR) is 2.22 cm³/mol. The Hall–Kier alpha value is 1.52. The van der Waals surface area contributed by atoms with Crippen LogP contribution in [0.3, 0.4) is 0 Å². The van der Waals surface area contributed by atoms with Gasteiger partial charge in [-0.05, 0) is 0 Å². The Balaban J connectivity index is -0.00000000500. The summed E-state index contributed by atoms with van der Waals surface area (Å²) < 4.78 is 6.81. The van der Waals surface area contributed by atoms with Crippen LogP contribution in [0.15, 0.2) is 0 Å². The van der Waals surface area contributed by atoms with Crippen molar-refractivity contribution in [3.05, 3.63) is 0 Å². The molecule has 0 heterocycles. The molecule has 0 aliphatic heterocycles. The molecule has 0 fully saturated rings. The summed E-state index contributed by atoms with van der Waals surface area (Å²) in [4.78, 5) is 0. The average molecular weight is 191 g/mol. The number of hydrogen-bond donors (Lipinski definition) is 1. The zero-order chi connectivity index (χ0) is 2.00. The molecule has 0 aromatic heterocycles. The van der Waals surface area contributed by atoms with E-state index in [1.165, 1.54) is 0 Å². The van der Waals surface area contributed by atoms with Crippen molar-refractivity contribution in [2.24, 2.45) is 0 Å². The van der Waals surface area contributed by atoms with Gasteiger partial charge in [0.2, 0.25) is 0 Å². The van der Waals surface area contributed by atoms with Crippen LogP contribution in [0.1, 0.15) is 0 Å². The van der Waals surface area contributed by atoms with Crippen molar-refractivity contribution in [3.63, 3.8) is 0 Å². The van der Waals surface area contributed by atoms with Crippen molar-refractivity contribution >= 4 is 0 Å². The summed E-state index contributed by atoms with van der Waals surface area (Å²) in [5.41, 5.74) is 0. The molecule has 0 aromatic rings. The van der Waals surface area contributed by atoms with E-state index in [2.05, 4.69) is 0 Å². The molecule has 0 atom stereocenters. The molecule has 4 heteroatoms. The third-order valence-electron chi connectivity index (χ3n) is 0. The van der Waals surface area contributed by atoms with E-state index in [4.69, 9.17) is 4.19 Å². The zero-order valence-electron chi connectivity index (χ0n) is 1.48. The van der Waals surface area contributed by atoms with Crippen molar-refractivity contribution in [3.8, 4) is 0 Å². The molecule has 0 rings (SSSR count). The normalized spacial score (nSPS) is 1.50. The summed E-state index contributed by atoms with van der Waals surface area (Å²) in [6.45, 7) is 0. The van der Waals surface area contributed by atoms with E-state index in [1.807, 2.05) is 16.3 Å². The minimum atomic E-state index is 0. The summed E-state index contributed by atoms with van der Waals surface area (Å²) >= 11 is 1.94. The summed E-state index contributed by atoms with van der Waals surface area (Å²) in [7, 11) is 0. The maximum atomic E-state index is 6.81. The van der Waals surface area contributed by atoms with Crippen LogP contribution in [0.25, 0.3) is 0 Å². The van der Waals surface area contributed by atoms with Crippen molar-refractivity contribution in [1.82, 2.24) is 0 Å². The van der Waals surface area contributed by atoms with Crippen molar-refractivity contribution in [1.29, 1.82) is 0 Å². The van der Waals surface area contributed by atoms with E-state index in [-0.39, 0.29) is 34.1 Å². The van der Waals surface area contributed by atoms with Crippen LogP contribution in [0.5, 0.6) is 0 Å². The third-order valence-corrected chi connectivity index (χ3v) is 0. The summed E-state index contributed by atoms with van der Waals surface area (Å²) in [6.07, 6.45) is 0. The predicted octanol–water partition coefficient (Wildman–Crippen LogP) is -0.565. The van der Waals surface area contributed by atoms with E-state index in [0.29, 0.717) is 0 Å². The number of hydrogen-bond acceptors (Lipinski definition) is 1. The van der Waals surface area contributed by atoms with Gasteiger partial charge in [-0.3, -0.25) is 0 Å². The van der Waals surface area contributed by atoms with E-state index in [0.717, 1.165) is 0 Å². The van der Waals surface area contributed by atoms with Gasteiger partial charge < -0.3 is 0 Å². The molecule has 0 aromatic carbocycles. The van der Waals surface area contributed by atoms with Gasteiger partial charge in [-0.1, -0.05) is 0 Å². The molecule has 33 valence electrons.